The smallest absolute Gasteiger partial charge is 0.119 e. The number of hydrogen-bond acceptors (Lipinski definition) is 1. The highest BCUT2D eigenvalue weighted by atomic mass is 16.5. The van der Waals surface area contributed by atoms with E-state index in [-0.39, 0.29) is 0 Å². The average Bonchev–Trinajstić information content (AvgIpc) is 2.48. The molecule has 0 aromatic heterocycles. The second kappa shape index (κ2) is 6.60. The summed E-state index contributed by atoms with van der Waals surface area (Å²) in [7, 11) is 1.70. The molecule has 1 heteroatoms. The number of rotatable bonds is 4. The van der Waals surface area contributed by atoms with Gasteiger partial charge < -0.3 is 4.74 Å². The van der Waals surface area contributed by atoms with Crippen molar-refractivity contribution in [1.82, 2.24) is 0 Å². The second-order valence-corrected chi connectivity index (χ2v) is 4.35. The Balaban J connectivity index is 2.26. The van der Waals surface area contributed by atoms with Crippen molar-refractivity contribution in [2.24, 2.45) is 0 Å². The van der Waals surface area contributed by atoms with E-state index in [1.54, 1.807) is 7.11 Å². The predicted molar refractivity (Wildman–Crippen MR) is 81.5 cm³/mol. The molecule has 0 amide bonds. The van der Waals surface area contributed by atoms with Crippen LogP contribution in [0.2, 0.25) is 0 Å². The van der Waals surface area contributed by atoms with E-state index in [9.17, 15) is 0 Å². The van der Waals surface area contributed by atoms with Crippen LogP contribution >= 0.6 is 0 Å². The lowest BCUT2D eigenvalue weighted by Gasteiger charge is -2.05. The van der Waals surface area contributed by atoms with Gasteiger partial charge in [-0.2, -0.15) is 0 Å². The van der Waals surface area contributed by atoms with Gasteiger partial charge in [-0.1, -0.05) is 60.7 Å². The fraction of sp³-hybridized carbons (Fsp3) is 0.111. The normalized spacial score (nSPS) is 12.3. The monoisotopic (exact) mass is 250 g/mol. The van der Waals surface area contributed by atoms with Crippen LogP contribution in [0.15, 0.2) is 72.5 Å². The van der Waals surface area contributed by atoms with Crippen molar-refractivity contribution in [2.45, 2.75) is 6.92 Å². The average molecular weight is 250 g/mol. The molecule has 2 rings (SSSR count). The van der Waals surface area contributed by atoms with Crippen LogP contribution in [0.1, 0.15) is 18.1 Å². The molecule has 0 fully saturated rings. The van der Waals surface area contributed by atoms with E-state index in [0.717, 1.165) is 11.3 Å². The third-order valence-electron chi connectivity index (χ3n) is 2.93. The molecule has 19 heavy (non-hydrogen) atoms. The molecule has 0 saturated carbocycles. The molecule has 96 valence electrons. The SMILES string of the molecule is COC(=Cc1ccccc1)C=C(C)c1ccccc1. The third kappa shape index (κ3) is 3.85. The number of hydrogen-bond donors (Lipinski definition) is 0. The topological polar surface area (TPSA) is 9.23 Å². The Morgan fingerprint density at radius 3 is 2.05 bits per heavy atom. The third-order valence-corrected chi connectivity index (χ3v) is 2.93. The van der Waals surface area contributed by atoms with Gasteiger partial charge in [0.2, 0.25) is 0 Å². The molecule has 0 saturated heterocycles. The molecule has 0 bridgehead atoms. The Hall–Kier alpha value is -2.28. The maximum absolute atomic E-state index is 5.43. The van der Waals surface area contributed by atoms with Crippen LogP contribution in [-0.4, -0.2) is 7.11 Å². The molecule has 0 N–H and O–H groups in total. The van der Waals surface area contributed by atoms with Crippen molar-refractivity contribution in [1.29, 1.82) is 0 Å². The summed E-state index contributed by atoms with van der Waals surface area (Å²) in [5.74, 6) is 0.854. The summed E-state index contributed by atoms with van der Waals surface area (Å²) in [5.41, 5.74) is 3.53. The first-order valence-electron chi connectivity index (χ1n) is 6.34. The van der Waals surface area contributed by atoms with E-state index in [2.05, 4.69) is 37.3 Å². The van der Waals surface area contributed by atoms with Crippen molar-refractivity contribution < 1.29 is 4.74 Å². The Morgan fingerprint density at radius 2 is 1.47 bits per heavy atom. The van der Waals surface area contributed by atoms with Crippen LogP contribution in [0.3, 0.4) is 0 Å². The summed E-state index contributed by atoms with van der Waals surface area (Å²) >= 11 is 0. The summed E-state index contributed by atoms with van der Waals surface area (Å²) in [6.45, 7) is 2.09. The summed E-state index contributed by atoms with van der Waals surface area (Å²) < 4.78 is 5.43. The highest BCUT2D eigenvalue weighted by Crippen LogP contribution is 2.17. The van der Waals surface area contributed by atoms with Crippen molar-refractivity contribution in [3.63, 3.8) is 0 Å². The number of methoxy groups -OCH3 is 1. The summed E-state index contributed by atoms with van der Waals surface area (Å²) in [5, 5.41) is 0. The summed E-state index contributed by atoms with van der Waals surface area (Å²) in [6.07, 6.45) is 4.09. The molecule has 0 atom stereocenters. The molecular formula is C18H18O. The Morgan fingerprint density at radius 1 is 0.895 bits per heavy atom. The van der Waals surface area contributed by atoms with Gasteiger partial charge in [0.15, 0.2) is 0 Å². The lowest BCUT2D eigenvalue weighted by molar-refractivity contribution is 0.311. The van der Waals surface area contributed by atoms with E-state index in [1.807, 2.05) is 42.5 Å². The molecule has 0 aliphatic rings. The molecule has 0 aliphatic carbocycles. The van der Waals surface area contributed by atoms with Crippen molar-refractivity contribution in [3.05, 3.63) is 83.6 Å². The zero-order chi connectivity index (χ0) is 13.5. The van der Waals surface area contributed by atoms with Gasteiger partial charge in [0, 0.05) is 0 Å². The molecule has 2 aromatic carbocycles. The molecule has 0 spiro atoms. The summed E-state index contributed by atoms with van der Waals surface area (Å²) in [4.78, 5) is 0. The summed E-state index contributed by atoms with van der Waals surface area (Å²) in [6, 6.07) is 20.5. The van der Waals surface area contributed by atoms with Gasteiger partial charge in [-0.25, -0.2) is 0 Å². The minimum absolute atomic E-state index is 0.854. The van der Waals surface area contributed by atoms with E-state index < -0.39 is 0 Å². The van der Waals surface area contributed by atoms with E-state index in [1.165, 1.54) is 11.1 Å². The molecule has 0 unspecified atom stereocenters. The van der Waals surface area contributed by atoms with E-state index in [4.69, 9.17) is 4.74 Å². The van der Waals surface area contributed by atoms with Gasteiger partial charge >= 0.3 is 0 Å². The fourth-order valence-corrected chi connectivity index (χ4v) is 1.87. The standard InChI is InChI=1S/C18H18O/c1-15(17-11-7-4-8-12-17)13-18(19-2)14-16-9-5-3-6-10-16/h3-14H,1-2H3. The molecule has 0 heterocycles. The van der Waals surface area contributed by atoms with Gasteiger partial charge in [-0.3, -0.25) is 0 Å². The number of allylic oxidation sites excluding steroid dienone is 2. The van der Waals surface area contributed by atoms with Crippen LogP contribution in [0.5, 0.6) is 0 Å². The molecule has 0 aliphatic heterocycles. The van der Waals surface area contributed by atoms with Crippen LogP contribution < -0.4 is 0 Å². The molecular weight excluding hydrogens is 232 g/mol. The van der Waals surface area contributed by atoms with Gasteiger partial charge in [-0.15, -0.1) is 0 Å². The van der Waals surface area contributed by atoms with Gasteiger partial charge in [0.25, 0.3) is 0 Å². The first-order chi connectivity index (χ1) is 9.29. The van der Waals surface area contributed by atoms with Crippen molar-refractivity contribution >= 4 is 11.6 Å². The second-order valence-electron chi connectivity index (χ2n) is 4.35. The molecule has 0 radical (unpaired) electrons. The fourth-order valence-electron chi connectivity index (χ4n) is 1.87. The Labute approximate surface area is 114 Å². The lowest BCUT2D eigenvalue weighted by atomic mass is 10.1. The van der Waals surface area contributed by atoms with Crippen molar-refractivity contribution in [2.75, 3.05) is 7.11 Å². The zero-order valence-electron chi connectivity index (χ0n) is 11.3. The first-order valence-corrected chi connectivity index (χ1v) is 6.34. The zero-order valence-corrected chi connectivity index (χ0v) is 11.3. The highest BCUT2D eigenvalue weighted by Gasteiger charge is 1.98. The van der Waals surface area contributed by atoms with Gasteiger partial charge in [0.05, 0.1) is 7.11 Å². The van der Waals surface area contributed by atoms with E-state index >= 15 is 0 Å². The maximum Gasteiger partial charge on any atom is 0.119 e. The minimum atomic E-state index is 0.854. The van der Waals surface area contributed by atoms with E-state index in [0.29, 0.717) is 0 Å². The largest absolute Gasteiger partial charge is 0.497 e. The molecule has 2 aromatic rings. The Kier molecular flexibility index (Phi) is 4.57. The van der Waals surface area contributed by atoms with Crippen LogP contribution in [-0.2, 0) is 4.74 Å². The van der Waals surface area contributed by atoms with Crippen LogP contribution in [0, 0.1) is 0 Å². The number of ether oxygens (including phenoxy) is 1. The highest BCUT2D eigenvalue weighted by molar-refractivity contribution is 5.68. The van der Waals surface area contributed by atoms with Crippen LogP contribution in [0.4, 0.5) is 0 Å². The van der Waals surface area contributed by atoms with Crippen LogP contribution in [0.25, 0.3) is 11.6 Å². The van der Waals surface area contributed by atoms with Gasteiger partial charge in [-0.05, 0) is 35.8 Å². The Bertz CT molecular complexity index is 565. The maximum atomic E-state index is 5.43. The minimum Gasteiger partial charge on any atom is -0.497 e. The predicted octanol–water partition coefficient (Wildman–Crippen LogP) is 4.78. The first kappa shape index (κ1) is 13.2. The quantitative estimate of drug-likeness (QED) is 0.560. The molecule has 1 nitrogen and oxygen atoms in total. The number of benzene rings is 2. The lowest BCUT2D eigenvalue weighted by Crippen LogP contribution is -1.85. The van der Waals surface area contributed by atoms with Crippen molar-refractivity contribution in [3.8, 4) is 0 Å². The van der Waals surface area contributed by atoms with Gasteiger partial charge in [0.1, 0.15) is 5.76 Å².